The monoisotopic (exact) mass is 671 g/mol. The van der Waals surface area contributed by atoms with Crippen LogP contribution in [0.3, 0.4) is 0 Å². The zero-order valence-corrected chi connectivity index (χ0v) is 28.1. The van der Waals surface area contributed by atoms with Crippen LogP contribution < -0.4 is 4.90 Å². The summed E-state index contributed by atoms with van der Waals surface area (Å²) >= 11 is 0. The van der Waals surface area contributed by atoms with Crippen LogP contribution >= 0.6 is 0 Å². The van der Waals surface area contributed by atoms with Crippen molar-refractivity contribution in [2.75, 3.05) is 4.90 Å². The second-order valence-corrected chi connectivity index (χ2v) is 13.5. The third-order valence-corrected chi connectivity index (χ3v) is 10.8. The molecule has 0 amide bonds. The van der Waals surface area contributed by atoms with Gasteiger partial charge in [-0.15, -0.1) is 0 Å². The normalized spacial score (nSPS) is 13.0. The van der Waals surface area contributed by atoms with Crippen molar-refractivity contribution in [3.63, 3.8) is 0 Å². The van der Waals surface area contributed by atoms with E-state index in [0.29, 0.717) is 11.1 Å². The van der Waals surface area contributed by atoms with Crippen LogP contribution in [0.1, 0.15) is 22.3 Å². The van der Waals surface area contributed by atoms with Crippen molar-refractivity contribution in [3.8, 4) is 44.5 Å². The summed E-state index contributed by atoms with van der Waals surface area (Å²) < 4.78 is 32.2. The van der Waals surface area contributed by atoms with E-state index >= 15 is 8.78 Å². The van der Waals surface area contributed by atoms with Crippen molar-refractivity contribution in [1.82, 2.24) is 0 Å². The van der Waals surface area contributed by atoms with E-state index in [-0.39, 0.29) is 0 Å². The average molecular weight is 672 g/mol. The predicted octanol–water partition coefficient (Wildman–Crippen LogP) is 13.1. The van der Waals surface area contributed by atoms with Crippen LogP contribution in [0.25, 0.3) is 44.5 Å². The van der Waals surface area contributed by atoms with E-state index in [9.17, 15) is 0 Å². The lowest BCUT2D eigenvalue weighted by Gasteiger charge is -2.36. The molecule has 1 spiro atoms. The molecule has 10 rings (SSSR count). The molecule has 3 heteroatoms. The molecule has 8 aromatic rings. The van der Waals surface area contributed by atoms with Crippen LogP contribution in [-0.4, -0.2) is 0 Å². The fraction of sp³-hybridized carbons (Fsp3) is 0.0204. The quantitative estimate of drug-likeness (QED) is 0.176. The zero-order valence-electron chi connectivity index (χ0n) is 28.1. The van der Waals surface area contributed by atoms with E-state index in [0.717, 1.165) is 72.7 Å². The zero-order chi connectivity index (χ0) is 34.8. The number of hydrogen-bond acceptors (Lipinski definition) is 1. The highest BCUT2D eigenvalue weighted by Crippen LogP contribution is 2.66. The first-order chi connectivity index (χ1) is 25.6. The summed E-state index contributed by atoms with van der Waals surface area (Å²) in [5.74, 6) is -0.844. The highest BCUT2D eigenvalue weighted by Gasteiger charge is 2.54. The molecule has 0 bridgehead atoms. The Morgan fingerprint density at radius 3 is 1.31 bits per heavy atom. The number of rotatable bonds is 5. The van der Waals surface area contributed by atoms with Gasteiger partial charge in [0.15, 0.2) is 0 Å². The van der Waals surface area contributed by atoms with Gasteiger partial charge in [0, 0.05) is 28.1 Å². The molecule has 0 aromatic heterocycles. The summed E-state index contributed by atoms with van der Waals surface area (Å²) in [5, 5.41) is 0. The highest BCUT2D eigenvalue weighted by atomic mass is 19.1. The summed E-state index contributed by atoms with van der Waals surface area (Å²) in [6.07, 6.45) is 0. The van der Waals surface area contributed by atoms with Crippen molar-refractivity contribution in [2.45, 2.75) is 5.41 Å². The second kappa shape index (κ2) is 11.8. The second-order valence-electron chi connectivity index (χ2n) is 13.5. The molecule has 246 valence electrons. The minimum Gasteiger partial charge on any atom is -0.310 e. The molecule has 0 saturated heterocycles. The molecule has 0 saturated carbocycles. The van der Waals surface area contributed by atoms with Gasteiger partial charge in [-0.25, -0.2) is 8.78 Å². The molecular formula is C49H31F2N. The van der Waals surface area contributed by atoms with Gasteiger partial charge >= 0.3 is 0 Å². The lowest BCUT2D eigenvalue weighted by molar-refractivity contribution is 0.617. The van der Waals surface area contributed by atoms with Crippen molar-refractivity contribution in [1.29, 1.82) is 0 Å². The maximum absolute atomic E-state index is 16.1. The Labute approximate surface area is 301 Å². The molecule has 52 heavy (non-hydrogen) atoms. The van der Waals surface area contributed by atoms with Gasteiger partial charge in [0.25, 0.3) is 0 Å². The maximum atomic E-state index is 16.1. The Morgan fingerprint density at radius 2 is 0.769 bits per heavy atom. The summed E-state index contributed by atoms with van der Waals surface area (Å²) in [6, 6.07) is 63.1. The van der Waals surface area contributed by atoms with Crippen LogP contribution in [0, 0.1) is 11.6 Å². The summed E-state index contributed by atoms with van der Waals surface area (Å²) in [7, 11) is 0. The molecule has 8 aromatic carbocycles. The topological polar surface area (TPSA) is 3.24 Å². The first-order valence-corrected chi connectivity index (χ1v) is 17.6. The number of benzene rings is 8. The van der Waals surface area contributed by atoms with E-state index in [1.807, 2.05) is 36.4 Å². The largest absolute Gasteiger partial charge is 0.310 e. The smallest absolute Gasteiger partial charge is 0.131 e. The van der Waals surface area contributed by atoms with Gasteiger partial charge in [0.1, 0.15) is 11.6 Å². The molecule has 0 atom stereocenters. The molecule has 0 fully saturated rings. The van der Waals surface area contributed by atoms with Crippen LogP contribution in [0.4, 0.5) is 25.8 Å². The van der Waals surface area contributed by atoms with Gasteiger partial charge in [0.05, 0.1) is 11.1 Å². The Morgan fingerprint density at radius 1 is 0.346 bits per heavy atom. The highest BCUT2D eigenvalue weighted by molar-refractivity contribution is 6.00. The van der Waals surface area contributed by atoms with Gasteiger partial charge in [0.2, 0.25) is 0 Å². The molecular weight excluding hydrogens is 641 g/mol. The third kappa shape index (κ3) is 4.32. The van der Waals surface area contributed by atoms with Crippen molar-refractivity contribution in [3.05, 3.63) is 222 Å². The number of hydrogen-bond donors (Lipinski definition) is 0. The van der Waals surface area contributed by atoms with Crippen molar-refractivity contribution in [2.24, 2.45) is 0 Å². The van der Waals surface area contributed by atoms with Crippen LogP contribution in [0.2, 0.25) is 0 Å². The summed E-state index contributed by atoms with van der Waals surface area (Å²) in [6.45, 7) is 0. The van der Waals surface area contributed by atoms with Gasteiger partial charge < -0.3 is 4.90 Å². The van der Waals surface area contributed by atoms with Gasteiger partial charge in [-0.05, 0) is 92.5 Å². The van der Waals surface area contributed by atoms with Crippen LogP contribution in [0.15, 0.2) is 188 Å². The first kappa shape index (κ1) is 30.3. The summed E-state index contributed by atoms with van der Waals surface area (Å²) in [5.41, 5.74) is 12.8. The van der Waals surface area contributed by atoms with Crippen LogP contribution in [-0.2, 0) is 5.41 Å². The van der Waals surface area contributed by atoms with E-state index in [2.05, 4.69) is 132 Å². The molecule has 0 heterocycles. The standard InChI is InChI=1S/C49H31F2N/c50-43-21-10-19-41-46(43)47-42(20-11-22-44(47)51)49(41)40-18-8-7-16-38(40)39-17-9-23-45(48(39)49)52(36-28-24-34(25-29-36)32-12-3-1-4-13-32)37-30-26-35(27-31-37)33-14-5-2-6-15-33/h1-31H. The molecule has 1 nitrogen and oxygen atoms in total. The average Bonchev–Trinajstić information content (AvgIpc) is 3.68. The van der Waals surface area contributed by atoms with Crippen molar-refractivity contribution >= 4 is 17.1 Å². The van der Waals surface area contributed by atoms with Gasteiger partial charge in [-0.1, -0.05) is 146 Å². The molecule has 0 radical (unpaired) electrons. The fourth-order valence-corrected chi connectivity index (χ4v) is 8.71. The number of halogens is 2. The Hall–Kier alpha value is -6.58. The molecule has 0 unspecified atom stereocenters. The number of anilines is 3. The maximum Gasteiger partial charge on any atom is 0.131 e. The van der Waals surface area contributed by atoms with E-state index < -0.39 is 17.0 Å². The number of fused-ring (bicyclic) bond motifs is 10. The Kier molecular flexibility index (Phi) is 6.84. The van der Waals surface area contributed by atoms with E-state index in [1.165, 1.54) is 12.1 Å². The Balaban J connectivity index is 1.26. The number of nitrogens with zero attached hydrogens (tertiary/aromatic N) is 1. The predicted molar refractivity (Wildman–Crippen MR) is 208 cm³/mol. The summed E-state index contributed by atoms with van der Waals surface area (Å²) in [4.78, 5) is 2.30. The van der Waals surface area contributed by atoms with Gasteiger partial charge in [-0.3, -0.25) is 0 Å². The van der Waals surface area contributed by atoms with Gasteiger partial charge in [-0.2, -0.15) is 0 Å². The third-order valence-electron chi connectivity index (χ3n) is 10.8. The minimum atomic E-state index is -0.955. The lowest BCUT2D eigenvalue weighted by Crippen LogP contribution is -2.28. The molecule has 2 aliphatic carbocycles. The van der Waals surface area contributed by atoms with Crippen molar-refractivity contribution < 1.29 is 8.78 Å². The van der Waals surface area contributed by atoms with E-state index in [4.69, 9.17) is 0 Å². The van der Waals surface area contributed by atoms with E-state index in [1.54, 1.807) is 12.1 Å². The molecule has 0 aliphatic heterocycles. The minimum absolute atomic E-state index is 0.332. The molecule has 0 N–H and O–H groups in total. The first-order valence-electron chi connectivity index (χ1n) is 17.6. The van der Waals surface area contributed by atoms with Crippen LogP contribution in [0.5, 0.6) is 0 Å². The SMILES string of the molecule is Fc1cccc2c1-c1c(F)cccc1C21c2ccccc2-c2cccc(N(c3ccc(-c4ccccc4)cc3)c3ccc(-c4ccccc4)cc3)c21. The fourth-order valence-electron chi connectivity index (χ4n) is 8.71. The Bertz CT molecular complexity index is 2490. The lowest BCUT2D eigenvalue weighted by atomic mass is 9.70. The molecule has 2 aliphatic rings.